The van der Waals surface area contributed by atoms with E-state index >= 15 is 0 Å². The summed E-state index contributed by atoms with van der Waals surface area (Å²) < 4.78 is 0. The average Bonchev–Trinajstić information content (AvgIpc) is 3.40. The fourth-order valence-corrected chi connectivity index (χ4v) is 2.82. The Bertz CT molecular complexity index is 696. The van der Waals surface area contributed by atoms with E-state index in [0.717, 1.165) is 24.2 Å². The number of carbonyl (C=O) groups is 1. The number of anilines is 1. The lowest BCUT2D eigenvalue weighted by molar-refractivity contribution is 0.239. The van der Waals surface area contributed by atoms with Crippen LogP contribution in [0.3, 0.4) is 0 Å². The molecular formula is C19H24N4O. The fraction of sp³-hybridized carbons (Fsp3) is 0.368. The van der Waals surface area contributed by atoms with E-state index in [1.54, 1.807) is 6.20 Å². The van der Waals surface area contributed by atoms with Crippen molar-refractivity contribution in [3.05, 3.63) is 59.8 Å². The number of nitrogens with zero attached hydrogens (tertiary/aromatic N) is 2. The third kappa shape index (κ3) is 3.85. The maximum atomic E-state index is 12.1. The summed E-state index contributed by atoms with van der Waals surface area (Å²) in [6, 6.07) is 14.2. The first-order valence-electron chi connectivity index (χ1n) is 8.29. The van der Waals surface area contributed by atoms with E-state index < -0.39 is 0 Å². The second kappa shape index (κ2) is 6.91. The van der Waals surface area contributed by atoms with Gasteiger partial charge in [-0.3, -0.25) is 0 Å². The molecule has 1 aliphatic rings. The molecule has 5 heteroatoms. The molecule has 1 aromatic heterocycles. The van der Waals surface area contributed by atoms with Gasteiger partial charge in [0.05, 0.1) is 0 Å². The minimum absolute atomic E-state index is 0.125. The SMILES string of the molecule is CN(C)c1cc(CNC(=O)NCC2(c3ccccc3)CC2)ccn1. The zero-order valence-electron chi connectivity index (χ0n) is 14.2. The minimum Gasteiger partial charge on any atom is -0.363 e. The lowest BCUT2D eigenvalue weighted by Crippen LogP contribution is -2.39. The van der Waals surface area contributed by atoms with Crippen molar-refractivity contribution in [2.45, 2.75) is 24.8 Å². The van der Waals surface area contributed by atoms with Crippen molar-refractivity contribution in [1.82, 2.24) is 15.6 Å². The highest BCUT2D eigenvalue weighted by Gasteiger charge is 2.44. The van der Waals surface area contributed by atoms with Gasteiger partial charge >= 0.3 is 6.03 Å². The molecule has 0 bridgehead atoms. The van der Waals surface area contributed by atoms with Gasteiger partial charge in [-0.1, -0.05) is 30.3 Å². The highest BCUT2D eigenvalue weighted by molar-refractivity contribution is 5.74. The highest BCUT2D eigenvalue weighted by Crippen LogP contribution is 2.47. The maximum Gasteiger partial charge on any atom is 0.315 e. The summed E-state index contributed by atoms with van der Waals surface area (Å²) in [7, 11) is 3.90. The summed E-state index contributed by atoms with van der Waals surface area (Å²) >= 11 is 0. The first-order chi connectivity index (χ1) is 11.6. The van der Waals surface area contributed by atoms with Crippen molar-refractivity contribution in [1.29, 1.82) is 0 Å². The van der Waals surface area contributed by atoms with Gasteiger partial charge in [-0.05, 0) is 36.1 Å². The summed E-state index contributed by atoms with van der Waals surface area (Å²) in [6.45, 7) is 1.18. The molecule has 0 spiro atoms. The summed E-state index contributed by atoms with van der Waals surface area (Å²) in [6.07, 6.45) is 4.03. The molecule has 5 nitrogen and oxygen atoms in total. The van der Waals surface area contributed by atoms with Crippen LogP contribution in [0.1, 0.15) is 24.0 Å². The summed E-state index contributed by atoms with van der Waals surface area (Å²) in [4.78, 5) is 18.3. The second-order valence-corrected chi connectivity index (χ2v) is 6.60. The van der Waals surface area contributed by atoms with Gasteiger partial charge < -0.3 is 15.5 Å². The third-order valence-electron chi connectivity index (χ3n) is 4.55. The Hall–Kier alpha value is -2.56. The Morgan fingerprint density at radius 2 is 1.92 bits per heavy atom. The minimum atomic E-state index is -0.125. The van der Waals surface area contributed by atoms with Crippen molar-refractivity contribution >= 4 is 11.8 Å². The molecule has 0 unspecified atom stereocenters. The smallest absolute Gasteiger partial charge is 0.315 e. The number of hydrogen-bond donors (Lipinski definition) is 2. The lowest BCUT2D eigenvalue weighted by atomic mass is 9.96. The van der Waals surface area contributed by atoms with Crippen molar-refractivity contribution in [2.75, 3.05) is 25.5 Å². The van der Waals surface area contributed by atoms with Crippen LogP contribution < -0.4 is 15.5 Å². The molecule has 1 heterocycles. The van der Waals surface area contributed by atoms with Crippen molar-refractivity contribution in [3.8, 4) is 0 Å². The quantitative estimate of drug-likeness (QED) is 0.859. The van der Waals surface area contributed by atoms with Crippen LogP contribution in [-0.4, -0.2) is 31.7 Å². The Balaban J connectivity index is 1.49. The van der Waals surface area contributed by atoms with Gasteiger partial charge in [0.1, 0.15) is 5.82 Å². The molecule has 126 valence electrons. The number of amides is 2. The molecule has 1 fully saturated rings. The van der Waals surface area contributed by atoms with Gasteiger partial charge in [-0.25, -0.2) is 9.78 Å². The Morgan fingerprint density at radius 1 is 1.17 bits per heavy atom. The number of urea groups is 1. The number of benzene rings is 1. The topological polar surface area (TPSA) is 57.3 Å². The number of aromatic nitrogens is 1. The second-order valence-electron chi connectivity index (χ2n) is 6.60. The summed E-state index contributed by atoms with van der Waals surface area (Å²) in [5.74, 6) is 0.885. The summed E-state index contributed by atoms with van der Waals surface area (Å²) in [5, 5.41) is 5.94. The van der Waals surface area contributed by atoms with E-state index in [0.29, 0.717) is 13.1 Å². The molecule has 24 heavy (non-hydrogen) atoms. The van der Waals surface area contributed by atoms with E-state index in [9.17, 15) is 4.79 Å². The molecule has 0 aliphatic heterocycles. The van der Waals surface area contributed by atoms with Crippen molar-refractivity contribution in [2.24, 2.45) is 0 Å². The van der Waals surface area contributed by atoms with Gasteiger partial charge in [-0.2, -0.15) is 0 Å². The predicted octanol–water partition coefficient (Wildman–Crippen LogP) is 2.68. The average molecular weight is 324 g/mol. The molecule has 1 aliphatic carbocycles. The predicted molar refractivity (Wildman–Crippen MR) is 96.2 cm³/mol. The molecule has 0 saturated heterocycles. The van der Waals surface area contributed by atoms with E-state index in [2.05, 4.69) is 39.9 Å². The zero-order valence-corrected chi connectivity index (χ0v) is 14.2. The van der Waals surface area contributed by atoms with Crippen LogP contribution in [0.4, 0.5) is 10.6 Å². The summed E-state index contributed by atoms with van der Waals surface area (Å²) in [5.41, 5.74) is 2.48. The van der Waals surface area contributed by atoms with E-state index in [-0.39, 0.29) is 11.4 Å². The Labute approximate surface area is 143 Å². The zero-order chi connectivity index (χ0) is 17.0. The molecule has 1 saturated carbocycles. The van der Waals surface area contributed by atoms with Crippen LogP contribution >= 0.6 is 0 Å². The molecule has 0 atom stereocenters. The van der Waals surface area contributed by atoms with Gasteiger partial charge in [0.25, 0.3) is 0 Å². The largest absolute Gasteiger partial charge is 0.363 e. The van der Waals surface area contributed by atoms with E-state index in [1.165, 1.54) is 5.56 Å². The van der Waals surface area contributed by atoms with Gasteiger partial charge in [0, 0.05) is 38.8 Å². The van der Waals surface area contributed by atoms with Crippen LogP contribution in [0, 0.1) is 0 Å². The third-order valence-corrected chi connectivity index (χ3v) is 4.55. The van der Waals surface area contributed by atoms with Crippen LogP contribution in [0.5, 0.6) is 0 Å². The Kier molecular flexibility index (Phi) is 4.69. The molecule has 2 N–H and O–H groups in total. The molecule has 0 radical (unpaired) electrons. The van der Waals surface area contributed by atoms with E-state index in [4.69, 9.17) is 0 Å². The van der Waals surface area contributed by atoms with E-state index in [1.807, 2.05) is 37.2 Å². The number of hydrogen-bond acceptors (Lipinski definition) is 3. The normalized spacial score (nSPS) is 14.8. The number of nitrogens with one attached hydrogen (secondary N) is 2. The highest BCUT2D eigenvalue weighted by atomic mass is 16.2. The first-order valence-corrected chi connectivity index (χ1v) is 8.29. The van der Waals surface area contributed by atoms with Crippen LogP contribution in [0.15, 0.2) is 48.7 Å². The molecular weight excluding hydrogens is 300 g/mol. The van der Waals surface area contributed by atoms with Gasteiger partial charge in [0.2, 0.25) is 0 Å². The molecule has 1 aromatic carbocycles. The molecule has 2 aromatic rings. The number of carbonyl (C=O) groups excluding carboxylic acids is 1. The first kappa shape index (κ1) is 16.3. The van der Waals surface area contributed by atoms with Crippen molar-refractivity contribution < 1.29 is 4.79 Å². The Morgan fingerprint density at radius 3 is 2.58 bits per heavy atom. The van der Waals surface area contributed by atoms with Crippen LogP contribution in [0.2, 0.25) is 0 Å². The van der Waals surface area contributed by atoms with Gasteiger partial charge in [-0.15, -0.1) is 0 Å². The number of pyridine rings is 1. The monoisotopic (exact) mass is 324 g/mol. The van der Waals surface area contributed by atoms with Crippen LogP contribution in [-0.2, 0) is 12.0 Å². The molecule has 2 amide bonds. The molecule has 3 rings (SSSR count). The maximum absolute atomic E-state index is 12.1. The van der Waals surface area contributed by atoms with Gasteiger partial charge in [0.15, 0.2) is 0 Å². The standard InChI is InChI=1S/C19H24N4O/c1-23(2)17-12-15(8-11-20-17)13-21-18(24)22-14-19(9-10-19)16-6-4-3-5-7-16/h3-8,11-12H,9-10,13-14H2,1-2H3,(H2,21,22,24). The van der Waals surface area contributed by atoms with Crippen LogP contribution in [0.25, 0.3) is 0 Å². The number of rotatable bonds is 6. The lowest BCUT2D eigenvalue weighted by Gasteiger charge is -2.17. The van der Waals surface area contributed by atoms with Crippen molar-refractivity contribution in [3.63, 3.8) is 0 Å². The fourth-order valence-electron chi connectivity index (χ4n) is 2.82.